The molecule has 0 unspecified atom stereocenters. The van der Waals surface area contributed by atoms with E-state index in [-0.39, 0.29) is 0 Å². The van der Waals surface area contributed by atoms with E-state index in [2.05, 4.69) is 18.9 Å². The van der Waals surface area contributed by atoms with Gasteiger partial charge >= 0.3 is 5.97 Å². The van der Waals surface area contributed by atoms with Gasteiger partial charge in [0.15, 0.2) is 0 Å². The maximum atomic E-state index is 11.0. The van der Waals surface area contributed by atoms with Crippen LogP contribution in [0.3, 0.4) is 0 Å². The van der Waals surface area contributed by atoms with Crippen LogP contribution in [0.5, 0.6) is 0 Å². The summed E-state index contributed by atoms with van der Waals surface area (Å²) >= 11 is 0. The average Bonchev–Trinajstić information content (AvgIpc) is 2.26. The van der Waals surface area contributed by atoms with Gasteiger partial charge in [-0.05, 0) is 19.3 Å². The molecule has 1 aromatic heterocycles. The molecular formula is C10H16N2O2. The predicted molar refractivity (Wildman–Crippen MR) is 53.4 cm³/mol. The van der Waals surface area contributed by atoms with Crippen molar-refractivity contribution in [2.75, 3.05) is 0 Å². The van der Waals surface area contributed by atoms with Crippen molar-refractivity contribution in [2.24, 2.45) is 13.0 Å². The van der Waals surface area contributed by atoms with E-state index in [4.69, 9.17) is 5.11 Å². The number of carboxylic acids is 1. The van der Waals surface area contributed by atoms with Crippen LogP contribution in [0.1, 0.15) is 35.6 Å². The highest BCUT2D eigenvalue weighted by atomic mass is 16.4. The van der Waals surface area contributed by atoms with E-state index >= 15 is 0 Å². The van der Waals surface area contributed by atoms with Gasteiger partial charge < -0.3 is 5.11 Å². The van der Waals surface area contributed by atoms with Gasteiger partial charge in [0.25, 0.3) is 0 Å². The number of aromatic nitrogens is 2. The SMILES string of the molecule is Cc1c(C(=O)O)c(CC(C)C)nn1C. The summed E-state index contributed by atoms with van der Waals surface area (Å²) in [6.45, 7) is 5.88. The minimum atomic E-state index is -0.883. The first-order valence-electron chi connectivity index (χ1n) is 4.69. The fraction of sp³-hybridized carbons (Fsp3) is 0.600. The van der Waals surface area contributed by atoms with Crippen molar-refractivity contribution in [1.29, 1.82) is 0 Å². The first-order chi connectivity index (χ1) is 6.43. The molecule has 0 saturated carbocycles. The summed E-state index contributed by atoms with van der Waals surface area (Å²) in [7, 11) is 1.77. The molecule has 1 heterocycles. The van der Waals surface area contributed by atoms with Crippen molar-refractivity contribution in [3.05, 3.63) is 17.0 Å². The molecule has 4 nitrogen and oxygen atoms in total. The molecular weight excluding hydrogens is 180 g/mol. The van der Waals surface area contributed by atoms with Gasteiger partial charge in [-0.15, -0.1) is 0 Å². The van der Waals surface area contributed by atoms with Crippen molar-refractivity contribution < 1.29 is 9.90 Å². The van der Waals surface area contributed by atoms with Crippen molar-refractivity contribution in [1.82, 2.24) is 9.78 Å². The maximum Gasteiger partial charge on any atom is 0.339 e. The second-order valence-electron chi connectivity index (χ2n) is 3.93. The molecule has 78 valence electrons. The third-order valence-electron chi connectivity index (χ3n) is 2.22. The van der Waals surface area contributed by atoms with Gasteiger partial charge in [-0.3, -0.25) is 4.68 Å². The molecule has 4 heteroatoms. The van der Waals surface area contributed by atoms with Crippen molar-refractivity contribution >= 4 is 5.97 Å². The molecule has 0 radical (unpaired) electrons. The molecule has 0 saturated heterocycles. The van der Waals surface area contributed by atoms with Crippen LogP contribution >= 0.6 is 0 Å². The Balaban J connectivity index is 3.15. The zero-order valence-electron chi connectivity index (χ0n) is 9.03. The lowest BCUT2D eigenvalue weighted by Crippen LogP contribution is -2.04. The van der Waals surface area contributed by atoms with E-state index in [1.54, 1.807) is 18.7 Å². The molecule has 0 aliphatic rings. The van der Waals surface area contributed by atoms with Crippen LogP contribution in [0.25, 0.3) is 0 Å². The third kappa shape index (κ3) is 1.95. The lowest BCUT2D eigenvalue weighted by Gasteiger charge is -2.01. The number of hydrogen-bond donors (Lipinski definition) is 1. The molecule has 0 bridgehead atoms. The molecule has 1 aromatic rings. The van der Waals surface area contributed by atoms with E-state index in [9.17, 15) is 4.79 Å². The number of hydrogen-bond acceptors (Lipinski definition) is 2. The summed E-state index contributed by atoms with van der Waals surface area (Å²) in [6.07, 6.45) is 0.712. The van der Waals surface area contributed by atoms with Gasteiger partial charge in [0.2, 0.25) is 0 Å². The van der Waals surface area contributed by atoms with Crippen molar-refractivity contribution in [2.45, 2.75) is 27.2 Å². The molecule has 0 fully saturated rings. The van der Waals surface area contributed by atoms with Crippen LogP contribution in [-0.2, 0) is 13.5 Å². The highest BCUT2D eigenvalue weighted by Crippen LogP contribution is 2.16. The highest BCUT2D eigenvalue weighted by Gasteiger charge is 2.19. The summed E-state index contributed by atoms with van der Waals surface area (Å²) in [5.74, 6) is -0.464. The molecule has 0 spiro atoms. The quantitative estimate of drug-likeness (QED) is 0.799. The van der Waals surface area contributed by atoms with Gasteiger partial charge in [0.05, 0.1) is 5.69 Å². The maximum absolute atomic E-state index is 11.0. The number of nitrogens with zero attached hydrogens (tertiary/aromatic N) is 2. The van der Waals surface area contributed by atoms with E-state index in [0.29, 0.717) is 29.3 Å². The van der Waals surface area contributed by atoms with Crippen LogP contribution in [0.2, 0.25) is 0 Å². The van der Waals surface area contributed by atoms with Gasteiger partial charge in [-0.25, -0.2) is 4.79 Å². The first kappa shape index (κ1) is 10.8. The number of carbonyl (C=O) groups is 1. The Kier molecular flexibility index (Phi) is 2.93. The van der Waals surface area contributed by atoms with Crippen LogP contribution in [-0.4, -0.2) is 20.9 Å². The second kappa shape index (κ2) is 3.82. The Hall–Kier alpha value is -1.32. The van der Waals surface area contributed by atoms with Gasteiger partial charge in [-0.1, -0.05) is 13.8 Å². The molecule has 0 amide bonds. The molecule has 0 aliphatic heterocycles. The van der Waals surface area contributed by atoms with E-state index in [1.165, 1.54) is 0 Å². The normalized spacial score (nSPS) is 10.9. The molecule has 0 aliphatic carbocycles. The number of rotatable bonds is 3. The Morgan fingerprint density at radius 1 is 1.57 bits per heavy atom. The molecule has 1 rings (SSSR count). The zero-order valence-corrected chi connectivity index (χ0v) is 9.03. The average molecular weight is 196 g/mol. The standard InChI is InChI=1S/C10H16N2O2/c1-6(2)5-8-9(10(13)14)7(3)12(4)11-8/h6H,5H2,1-4H3,(H,13,14). The van der Waals surface area contributed by atoms with Gasteiger partial charge in [-0.2, -0.15) is 5.10 Å². The smallest absolute Gasteiger partial charge is 0.339 e. The number of aryl methyl sites for hydroxylation is 1. The van der Waals surface area contributed by atoms with Crippen LogP contribution < -0.4 is 0 Å². The summed E-state index contributed by atoms with van der Waals surface area (Å²) in [5, 5.41) is 13.2. The minimum Gasteiger partial charge on any atom is -0.478 e. The number of carboxylic acid groups (broad SMARTS) is 1. The van der Waals surface area contributed by atoms with E-state index < -0.39 is 5.97 Å². The first-order valence-corrected chi connectivity index (χ1v) is 4.69. The second-order valence-corrected chi connectivity index (χ2v) is 3.93. The third-order valence-corrected chi connectivity index (χ3v) is 2.22. The van der Waals surface area contributed by atoms with Crippen LogP contribution in [0.15, 0.2) is 0 Å². The Bertz CT molecular complexity index is 353. The van der Waals surface area contributed by atoms with Crippen molar-refractivity contribution in [3.8, 4) is 0 Å². The highest BCUT2D eigenvalue weighted by molar-refractivity contribution is 5.90. The predicted octanol–water partition coefficient (Wildman–Crippen LogP) is 1.63. The van der Waals surface area contributed by atoms with E-state index in [1.807, 2.05) is 0 Å². The lowest BCUT2D eigenvalue weighted by atomic mass is 10.0. The molecule has 0 aromatic carbocycles. The molecule has 1 N–H and O–H groups in total. The Morgan fingerprint density at radius 2 is 2.14 bits per heavy atom. The summed E-state index contributed by atoms with van der Waals surface area (Å²) in [6, 6.07) is 0. The summed E-state index contributed by atoms with van der Waals surface area (Å²) in [5.41, 5.74) is 1.77. The van der Waals surface area contributed by atoms with Crippen molar-refractivity contribution in [3.63, 3.8) is 0 Å². The topological polar surface area (TPSA) is 55.1 Å². The Morgan fingerprint density at radius 3 is 2.57 bits per heavy atom. The van der Waals surface area contributed by atoms with Crippen LogP contribution in [0, 0.1) is 12.8 Å². The summed E-state index contributed by atoms with van der Waals surface area (Å²) < 4.78 is 1.63. The monoisotopic (exact) mass is 196 g/mol. The Labute approximate surface area is 83.5 Å². The van der Waals surface area contributed by atoms with Gasteiger partial charge in [0.1, 0.15) is 5.56 Å². The lowest BCUT2D eigenvalue weighted by molar-refractivity contribution is 0.0694. The number of aromatic carboxylic acids is 1. The van der Waals surface area contributed by atoms with E-state index in [0.717, 1.165) is 0 Å². The largest absolute Gasteiger partial charge is 0.478 e. The summed E-state index contributed by atoms with van der Waals surface area (Å²) in [4.78, 5) is 11.0. The minimum absolute atomic E-state index is 0.362. The molecule has 0 atom stereocenters. The van der Waals surface area contributed by atoms with Crippen LogP contribution in [0.4, 0.5) is 0 Å². The molecule has 14 heavy (non-hydrogen) atoms. The zero-order chi connectivity index (χ0) is 10.9. The fourth-order valence-electron chi connectivity index (χ4n) is 1.48. The van der Waals surface area contributed by atoms with Gasteiger partial charge in [0, 0.05) is 12.7 Å². The fourth-order valence-corrected chi connectivity index (χ4v) is 1.48.